The molecule has 0 fully saturated rings. The molecule has 0 spiro atoms. The number of rotatable bonds is 7. The maximum absolute atomic E-state index is 11.7. The summed E-state index contributed by atoms with van der Waals surface area (Å²) in [6.45, 7) is 3.90. The summed E-state index contributed by atoms with van der Waals surface area (Å²) >= 11 is 0. The topological polar surface area (TPSA) is 101 Å². The Morgan fingerprint density at radius 2 is 2.29 bits per heavy atom. The van der Waals surface area contributed by atoms with Crippen LogP contribution in [0, 0.1) is 0 Å². The van der Waals surface area contributed by atoms with Crippen LogP contribution in [0.1, 0.15) is 35.2 Å². The van der Waals surface area contributed by atoms with Crippen molar-refractivity contribution >= 4 is 5.97 Å². The second-order valence-electron chi connectivity index (χ2n) is 4.65. The minimum absolute atomic E-state index is 0.226. The fourth-order valence-corrected chi connectivity index (χ4v) is 2.17. The molecule has 8 nitrogen and oxygen atoms in total. The maximum Gasteiger partial charge on any atom is 0.360 e. The van der Waals surface area contributed by atoms with Gasteiger partial charge in [-0.1, -0.05) is 12.1 Å². The van der Waals surface area contributed by atoms with E-state index in [0.717, 1.165) is 18.7 Å². The average Bonchev–Trinajstić information content (AvgIpc) is 3.08. The third-order valence-electron chi connectivity index (χ3n) is 3.17. The molecule has 0 radical (unpaired) electrons. The fourth-order valence-electron chi connectivity index (χ4n) is 2.17. The van der Waals surface area contributed by atoms with Crippen LogP contribution >= 0.6 is 0 Å². The highest BCUT2D eigenvalue weighted by molar-refractivity contribution is 5.88. The predicted molar refractivity (Wildman–Crippen MR) is 75.7 cm³/mol. The Morgan fingerprint density at radius 3 is 2.95 bits per heavy atom. The van der Waals surface area contributed by atoms with Crippen LogP contribution in [0.4, 0.5) is 0 Å². The number of hydrogen-bond donors (Lipinski definition) is 1. The third-order valence-corrected chi connectivity index (χ3v) is 3.17. The van der Waals surface area contributed by atoms with Gasteiger partial charge in [-0.2, -0.15) is 0 Å². The van der Waals surface area contributed by atoms with Crippen LogP contribution in [0.15, 0.2) is 12.5 Å². The van der Waals surface area contributed by atoms with E-state index in [-0.39, 0.29) is 5.69 Å². The summed E-state index contributed by atoms with van der Waals surface area (Å²) in [4.78, 5) is 15.9. The molecule has 0 unspecified atom stereocenters. The average molecular weight is 292 g/mol. The van der Waals surface area contributed by atoms with E-state index in [1.54, 1.807) is 17.2 Å². The van der Waals surface area contributed by atoms with Crippen LogP contribution in [-0.2, 0) is 24.2 Å². The Balaban J connectivity index is 2.29. The van der Waals surface area contributed by atoms with E-state index in [0.29, 0.717) is 25.2 Å². The number of imidazole rings is 1. The van der Waals surface area contributed by atoms with Crippen molar-refractivity contribution in [2.75, 3.05) is 13.7 Å². The Morgan fingerprint density at radius 1 is 1.48 bits per heavy atom. The van der Waals surface area contributed by atoms with Gasteiger partial charge in [0.2, 0.25) is 0 Å². The number of carbonyl (C=O) groups is 1. The standard InChI is InChI=1S/C13H20N6O2/c1-3-6-18-9-15-7-10(18)8-19-11(4-5-14)12(16-17-19)13(20)21-2/h7,9H,3-6,8,14H2,1-2H3. The van der Waals surface area contributed by atoms with E-state index >= 15 is 0 Å². The van der Waals surface area contributed by atoms with Crippen LogP contribution in [0.2, 0.25) is 0 Å². The monoisotopic (exact) mass is 292 g/mol. The van der Waals surface area contributed by atoms with Crippen molar-refractivity contribution in [2.45, 2.75) is 32.9 Å². The Kier molecular flexibility index (Phi) is 5.04. The first-order chi connectivity index (χ1) is 10.2. The molecular formula is C13H20N6O2. The van der Waals surface area contributed by atoms with E-state index in [2.05, 4.69) is 26.8 Å². The van der Waals surface area contributed by atoms with Crippen molar-refractivity contribution in [3.63, 3.8) is 0 Å². The molecule has 0 saturated heterocycles. The number of aromatic nitrogens is 5. The van der Waals surface area contributed by atoms with E-state index < -0.39 is 5.97 Å². The highest BCUT2D eigenvalue weighted by atomic mass is 16.5. The van der Waals surface area contributed by atoms with Gasteiger partial charge in [-0.05, 0) is 13.0 Å². The molecule has 2 aromatic heterocycles. The molecule has 0 bridgehead atoms. The molecule has 2 aromatic rings. The molecule has 114 valence electrons. The molecule has 0 saturated carbocycles. The van der Waals surface area contributed by atoms with Crippen molar-refractivity contribution in [1.29, 1.82) is 0 Å². The number of carbonyl (C=O) groups excluding carboxylic acids is 1. The quantitative estimate of drug-likeness (QED) is 0.733. The lowest BCUT2D eigenvalue weighted by Gasteiger charge is -2.09. The van der Waals surface area contributed by atoms with Gasteiger partial charge in [0.25, 0.3) is 0 Å². The molecule has 0 amide bonds. The zero-order chi connectivity index (χ0) is 15.2. The number of aryl methyl sites for hydroxylation is 1. The minimum atomic E-state index is -0.494. The largest absolute Gasteiger partial charge is 0.464 e. The van der Waals surface area contributed by atoms with Gasteiger partial charge in [0.05, 0.1) is 37.6 Å². The van der Waals surface area contributed by atoms with E-state index in [4.69, 9.17) is 10.5 Å². The molecule has 0 atom stereocenters. The second-order valence-corrected chi connectivity index (χ2v) is 4.65. The molecule has 2 rings (SSSR count). The summed E-state index contributed by atoms with van der Waals surface area (Å²) in [5, 5.41) is 7.96. The zero-order valence-electron chi connectivity index (χ0n) is 12.3. The fraction of sp³-hybridized carbons (Fsp3) is 0.538. The molecule has 2 heterocycles. The number of nitrogens with two attached hydrogens (primary N) is 1. The number of ether oxygens (including phenoxy) is 1. The molecule has 0 aliphatic heterocycles. The Hall–Kier alpha value is -2.22. The first-order valence-electron chi connectivity index (χ1n) is 6.91. The number of methoxy groups -OCH3 is 1. The zero-order valence-corrected chi connectivity index (χ0v) is 12.3. The normalized spacial score (nSPS) is 10.8. The first kappa shape index (κ1) is 15.2. The lowest BCUT2D eigenvalue weighted by atomic mass is 10.2. The van der Waals surface area contributed by atoms with Gasteiger partial charge in [-0.25, -0.2) is 14.5 Å². The number of hydrogen-bond acceptors (Lipinski definition) is 6. The summed E-state index contributed by atoms with van der Waals surface area (Å²) in [6.07, 6.45) is 5.12. The van der Waals surface area contributed by atoms with Crippen molar-refractivity contribution in [2.24, 2.45) is 5.73 Å². The first-order valence-corrected chi connectivity index (χ1v) is 6.91. The summed E-state index contributed by atoms with van der Waals surface area (Å²) in [5.41, 5.74) is 7.54. The van der Waals surface area contributed by atoms with E-state index in [1.807, 2.05) is 0 Å². The predicted octanol–water partition coefficient (Wildman–Crippen LogP) is 0.221. The summed E-state index contributed by atoms with van der Waals surface area (Å²) in [5.74, 6) is -0.494. The van der Waals surface area contributed by atoms with Gasteiger partial charge in [-0.3, -0.25) is 0 Å². The van der Waals surface area contributed by atoms with Gasteiger partial charge in [0.1, 0.15) is 0 Å². The van der Waals surface area contributed by atoms with Crippen molar-refractivity contribution < 1.29 is 9.53 Å². The molecule has 0 aliphatic carbocycles. The van der Waals surface area contributed by atoms with E-state index in [9.17, 15) is 4.79 Å². The minimum Gasteiger partial charge on any atom is -0.464 e. The van der Waals surface area contributed by atoms with Crippen LogP contribution in [0.25, 0.3) is 0 Å². The van der Waals surface area contributed by atoms with Crippen molar-refractivity contribution in [1.82, 2.24) is 24.5 Å². The molecule has 2 N–H and O–H groups in total. The molecule has 0 aliphatic rings. The molecule has 21 heavy (non-hydrogen) atoms. The highest BCUT2D eigenvalue weighted by Gasteiger charge is 2.20. The van der Waals surface area contributed by atoms with Gasteiger partial charge in [0, 0.05) is 13.0 Å². The van der Waals surface area contributed by atoms with Gasteiger partial charge in [0.15, 0.2) is 5.69 Å². The van der Waals surface area contributed by atoms with E-state index in [1.165, 1.54) is 7.11 Å². The lowest BCUT2D eigenvalue weighted by molar-refractivity contribution is 0.0592. The van der Waals surface area contributed by atoms with Gasteiger partial charge >= 0.3 is 5.97 Å². The molecule has 8 heteroatoms. The summed E-state index contributed by atoms with van der Waals surface area (Å²) < 4.78 is 8.47. The summed E-state index contributed by atoms with van der Waals surface area (Å²) in [7, 11) is 1.32. The molecular weight excluding hydrogens is 272 g/mol. The van der Waals surface area contributed by atoms with Crippen LogP contribution in [-0.4, -0.2) is 44.2 Å². The highest BCUT2D eigenvalue weighted by Crippen LogP contribution is 2.11. The Labute approximate surface area is 122 Å². The third kappa shape index (κ3) is 3.27. The SMILES string of the molecule is CCCn1cncc1Cn1nnc(C(=O)OC)c1CCN. The van der Waals surface area contributed by atoms with Crippen LogP contribution in [0.3, 0.4) is 0 Å². The maximum atomic E-state index is 11.7. The van der Waals surface area contributed by atoms with Gasteiger partial charge < -0.3 is 15.0 Å². The lowest BCUT2D eigenvalue weighted by Crippen LogP contribution is -2.16. The molecule has 0 aromatic carbocycles. The summed E-state index contributed by atoms with van der Waals surface area (Å²) in [6, 6.07) is 0. The number of nitrogens with zero attached hydrogens (tertiary/aromatic N) is 5. The van der Waals surface area contributed by atoms with Crippen molar-refractivity contribution in [3.05, 3.63) is 29.6 Å². The van der Waals surface area contributed by atoms with Crippen LogP contribution < -0.4 is 5.73 Å². The van der Waals surface area contributed by atoms with Crippen molar-refractivity contribution in [3.8, 4) is 0 Å². The number of esters is 1. The Bertz CT molecular complexity index is 604. The second kappa shape index (κ2) is 6.98. The van der Waals surface area contributed by atoms with Crippen LogP contribution in [0.5, 0.6) is 0 Å². The smallest absolute Gasteiger partial charge is 0.360 e. The van der Waals surface area contributed by atoms with Gasteiger partial charge in [-0.15, -0.1) is 5.10 Å².